The minimum Gasteiger partial charge on any atom is -0.493 e. The number of ether oxygens (including phenoxy) is 2. The topological polar surface area (TPSA) is 77.7 Å². The summed E-state index contributed by atoms with van der Waals surface area (Å²) in [5, 5.41) is 8.24. The van der Waals surface area contributed by atoms with Gasteiger partial charge in [-0.15, -0.1) is 10.2 Å². The average Bonchev–Trinajstić information content (AvgIpc) is 3.32. The van der Waals surface area contributed by atoms with Gasteiger partial charge in [0.1, 0.15) is 0 Å². The molecule has 3 rings (SSSR count). The molecule has 1 amide bonds. The minimum atomic E-state index is -0.253. The van der Waals surface area contributed by atoms with E-state index in [1.807, 2.05) is 17.9 Å². The molecule has 8 heteroatoms. The van der Waals surface area contributed by atoms with Crippen LogP contribution < -0.4 is 9.47 Å². The van der Waals surface area contributed by atoms with E-state index in [9.17, 15) is 4.79 Å². The monoisotopic (exact) mass is 363 g/mol. The highest BCUT2D eigenvalue weighted by Gasteiger charge is 2.25. The molecule has 1 aromatic heterocycles. The maximum Gasteiger partial charge on any atom is 0.277 e. The Labute approximate surface area is 150 Å². The summed E-state index contributed by atoms with van der Waals surface area (Å²) in [7, 11) is 3.15. The highest BCUT2D eigenvalue weighted by molar-refractivity contribution is 8.00. The normalized spacial score (nSPS) is 15.2. The van der Waals surface area contributed by atoms with Crippen LogP contribution in [0, 0.1) is 0 Å². The van der Waals surface area contributed by atoms with Crippen molar-refractivity contribution in [3.63, 3.8) is 0 Å². The van der Waals surface area contributed by atoms with Gasteiger partial charge in [0.15, 0.2) is 11.5 Å². The van der Waals surface area contributed by atoms with Crippen molar-refractivity contribution in [1.82, 2.24) is 15.1 Å². The first-order chi connectivity index (χ1) is 12.1. The average molecular weight is 363 g/mol. The molecular formula is C17H21N3O4S. The maximum atomic E-state index is 12.4. The zero-order chi connectivity index (χ0) is 17.8. The molecule has 134 valence electrons. The van der Waals surface area contributed by atoms with E-state index in [1.54, 1.807) is 26.4 Å². The molecular weight excluding hydrogens is 342 g/mol. The molecule has 0 N–H and O–H groups in total. The van der Waals surface area contributed by atoms with E-state index in [0.717, 1.165) is 31.5 Å². The van der Waals surface area contributed by atoms with E-state index in [2.05, 4.69) is 10.2 Å². The number of nitrogens with zero attached hydrogens (tertiary/aromatic N) is 3. The van der Waals surface area contributed by atoms with Crippen molar-refractivity contribution in [3.05, 3.63) is 18.2 Å². The van der Waals surface area contributed by atoms with Crippen molar-refractivity contribution in [2.45, 2.75) is 30.2 Å². The molecule has 2 heterocycles. The fourth-order valence-corrected chi connectivity index (χ4v) is 3.51. The van der Waals surface area contributed by atoms with Gasteiger partial charge in [0, 0.05) is 18.7 Å². The predicted octanol–water partition coefficient (Wildman–Crippen LogP) is 2.86. The Morgan fingerprint density at radius 1 is 1.20 bits per heavy atom. The molecule has 0 bridgehead atoms. The number of carbonyl (C=O) groups is 1. The van der Waals surface area contributed by atoms with Crippen molar-refractivity contribution >= 4 is 17.7 Å². The van der Waals surface area contributed by atoms with Gasteiger partial charge in [-0.25, -0.2) is 0 Å². The van der Waals surface area contributed by atoms with Gasteiger partial charge in [-0.1, -0.05) is 11.8 Å². The second-order valence-electron chi connectivity index (χ2n) is 5.74. The van der Waals surface area contributed by atoms with Crippen molar-refractivity contribution in [2.24, 2.45) is 0 Å². The van der Waals surface area contributed by atoms with Crippen molar-refractivity contribution in [2.75, 3.05) is 27.3 Å². The molecule has 0 saturated carbocycles. The van der Waals surface area contributed by atoms with Gasteiger partial charge in [0.05, 0.1) is 19.5 Å². The molecule has 0 radical (unpaired) electrons. The van der Waals surface area contributed by atoms with Gasteiger partial charge in [-0.05, 0) is 38.0 Å². The molecule has 25 heavy (non-hydrogen) atoms. The van der Waals surface area contributed by atoms with Crippen LogP contribution in [0.25, 0.3) is 11.5 Å². The molecule has 1 fully saturated rings. The lowest BCUT2D eigenvalue weighted by atomic mass is 10.2. The summed E-state index contributed by atoms with van der Waals surface area (Å²) < 4.78 is 16.2. The van der Waals surface area contributed by atoms with E-state index < -0.39 is 0 Å². The second-order valence-corrected chi connectivity index (χ2v) is 7.03. The number of amides is 1. The van der Waals surface area contributed by atoms with Crippen LogP contribution in [0.15, 0.2) is 27.8 Å². The zero-order valence-corrected chi connectivity index (χ0v) is 15.3. The van der Waals surface area contributed by atoms with Gasteiger partial charge in [-0.3, -0.25) is 4.79 Å². The fraction of sp³-hybridized carbons (Fsp3) is 0.471. The summed E-state index contributed by atoms with van der Waals surface area (Å²) in [4.78, 5) is 14.3. The summed E-state index contributed by atoms with van der Waals surface area (Å²) in [5.41, 5.74) is 0.732. The van der Waals surface area contributed by atoms with E-state index in [4.69, 9.17) is 13.9 Å². The van der Waals surface area contributed by atoms with E-state index >= 15 is 0 Å². The molecule has 1 aliphatic heterocycles. The molecule has 0 unspecified atom stereocenters. The van der Waals surface area contributed by atoms with Crippen molar-refractivity contribution in [1.29, 1.82) is 0 Å². The Balaban J connectivity index is 1.70. The van der Waals surface area contributed by atoms with Crippen LogP contribution in [0.5, 0.6) is 11.5 Å². The van der Waals surface area contributed by atoms with Crippen molar-refractivity contribution < 1.29 is 18.7 Å². The lowest BCUT2D eigenvalue weighted by molar-refractivity contribution is -0.129. The van der Waals surface area contributed by atoms with Gasteiger partial charge >= 0.3 is 0 Å². The number of benzene rings is 1. The van der Waals surface area contributed by atoms with E-state index in [-0.39, 0.29) is 11.2 Å². The number of hydrogen-bond donors (Lipinski definition) is 0. The summed E-state index contributed by atoms with van der Waals surface area (Å²) in [6.45, 7) is 3.54. The summed E-state index contributed by atoms with van der Waals surface area (Å²) in [5.74, 6) is 1.72. The largest absolute Gasteiger partial charge is 0.493 e. The molecule has 1 atom stereocenters. The number of hydrogen-bond acceptors (Lipinski definition) is 7. The standard InChI is InChI=1S/C17H21N3O4S/c1-11(16(21)20-8-4-5-9-20)25-17-19-18-15(24-17)12-6-7-13(22-2)14(10-12)23-3/h6-7,10-11H,4-5,8-9H2,1-3H3/t11-/m0/s1. The maximum absolute atomic E-state index is 12.4. The third kappa shape index (κ3) is 3.89. The Kier molecular flexibility index (Phi) is 5.47. The molecule has 1 aliphatic rings. The Morgan fingerprint density at radius 3 is 2.60 bits per heavy atom. The van der Waals surface area contributed by atoms with Gasteiger partial charge < -0.3 is 18.8 Å². The SMILES string of the molecule is COc1ccc(-c2nnc(S[C@@H](C)C(=O)N3CCCC3)o2)cc1OC. The van der Waals surface area contributed by atoms with Crippen molar-refractivity contribution in [3.8, 4) is 23.0 Å². The number of methoxy groups -OCH3 is 2. The first-order valence-electron chi connectivity index (χ1n) is 8.13. The van der Waals surface area contributed by atoms with Crippen LogP contribution in [0.2, 0.25) is 0 Å². The van der Waals surface area contributed by atoms with Gasteiger partial charge in [-0.2, -0.15) is 0 Å². The number of aromatic nitrogens is 2. The smallest absolute Gasteiger partial charge is 0.277 e. The third-order valence-electron chi connectivity index (χ3n) is 4.08. The lowest BCUT2D eigenvalue weighted by Gasteiger charge is -2.18. The second kappa shape index (κ2) is 7.77. The highest BCUT2D eigenvalue weighted by atomic mass is 32.2. The summed E-state index contributed by atoms with van der Waals surface area (Å²) >= 11 is 1.28. The first kappa shape index (κ1) is 17.6. The highest BCUT2D eigenvalue weighted by Crippen LogP contribution is 2.33. The Morgan fingerprint density at radius 2 is 1.92 bits per heavy atom. The van der Waals surface area contributed by atoms with Crippen LogP contribution in [-0.2, 0) is 4.79 Å². The quantitative estimate of drug-likeness (QED) is 0.730. The van der Waals surface area contributed by atoms with Gasteiger partial charge in [0.2, 0.25) is 11.8 Å². The van der Waals surface area contributed by atoms with Crippen LogP contribution >= 0.6 is 11.8 Å². The molecule has 1 aromatic carbocycles. The summed E-state index contributed by atoms with van der Waals surface area (Å²) in [6.07, 6.45) is 2.15. The number of likely N-dealkylation sites (tertiary alicyclic amines) is 1. The Hall–Kier alpha value is -2.22. The van der Waals surface area contributed by atoms with Crippen LogP contribution in [0.1, 0.15) is 19.8 Å². The number of rotatable bonds is 6. The zero-order valence-electron chi connectivity index (χ0n) is 14.5. The van der Waals surface area contributed by atoms with E-state index in [0.29, 0.717) is 22.6 Å². The molecule has 0 aliphatic carbocycles. The summed E-state index contributed by atoms with van der Waals surface area (Å²) in [6, 6.07) is 5.38. The van der Waals surface area contributed by atoms with Crippen LogP contribution in [-0.4, -0.2) is 53.6 Å². The first-order valence-corrected chi connectivity index (χ1v) is 9.01. The minimum absolute atomic E-state index is 0.119. The molecule has 1 saturated heterocycles. The number of thioether (sulfide) groups is 1. The third-order valence-corrected chi connectivity index (χ3v) is 5.00. The predicted molar refractivity (Wildman–Crippen MR) is 94.0 cm³/mol. The van der Waals surface area contributed by atoms with Crippen LogP contribution in [0.3, 0.4) is 0 Å². The molecule has 2 aromatic rings. The molecule has 7 nitrogen and oxygen atoms in total. The fourth-order valence-electron chi connectivity index (χ4n) is 2.74. The number of carbonyl (C=O) groups excluding carboxylic acids is 1. The van der Waals surface area contributed by atoms with Crippen LogP contribution in [0.4, 0.5) is 0 Å². The van der Waals surface area contributed by atoms with Gasteiger partial charge in [0.25, 0.3) is 5.22 Å². The lowest BCUT2D eigenvalue weighted by Crippen LogP contribution is -2.34. The Bertz CT molecular complexity index is 743. The van der Waals surface area contributed by atoms with E-state index in [1.165, 1.54) is 11.8 Å². The molecule has 0 spiro atoms.